The van der Waals surface area contributed by atoms with Gasteiger partial charge in [0.05, 0.1) is 11.9 Å². The van der Waals surface area contributed by atoms with Crippen LogP contribution in [0.3, 0.4) is 0 Å². The molecule has 1 unspecified atom stereocenters. The monoisotopic (exact) mass is 214 g/mol. The third-order valence-corrected chi connectivity index (χ3v) is 2.17. The fourth-order valence-corrected chi connectivity index (χ4v) is 1.56. The molecule has 0 bridgehead atoms. The van der Waals surface area contributed by atoms with Crippen LogP contribution in [0.15, 0.2) is 24.3 Å². The van der Waals surface area contributed by atoms with E-state index in [1.807, 2.05) is 26.0 Å². The zero-order chi connectivity index (χ0) is 10.6. The van der Waals surface area contributed by atoms with Gasteiger partial charge in [-0.3, -0.25) is 0 Å². The molecule has 1 aromatic carbocycles. The van der Waals surface area contributed by atoms with E-state index in [0.29, 0.717) is 0 Å². The molecule has 14 heavy (non-hydrogen) atoms. The van der Waals surface area contributed by atoms with E-state index in [2.05, 4.69) is 0 Å². The normalized spacial score (nSPS) is 12.9. The molecule has 0 amide bonds. The van der Waals surface area contributed by atoms with Crippen LogP contribution in [-0.2, 0) is 16.8 Å². The average molecular weight is 214 g/mol. The Bertz CT molecular complexity index is 306. The van der Waals surface area contributed by atoms with Gasteiger partial charge in [0.1, 0.15) is 5.75 Å². The van der Waals surface area contributed by atoms with Gasteiger partial charge in [-0.15, -0.1) is 0 Å². The number of hydrogen-bond acceptors (Lipinski definition) is 2. The molecular weight excluding hydrogens is 200 g/mol. The second kappa shape index (κ2) is 5.12. The van der Waals surface area contributed by atoms with Crippen molar-refractivity contribution in [1.29, 1.82) is 0 Å². The third kappa shape index (κ3) is 3.89. The van der Waals surface area contributed by atoms with Crippen LogP contribution in [0, 0.1) is 0 Å². The van der Waals surface area contributed by atoms with Crippen molar-refractivity contribution in [2.45, 2.75) is 25.7 Å². The van der Waals surface area contributed by atoms with Crippen LogP contribution in [0.25, 0.3) is 0 Å². The topological polar surface area (TPSA) is 46.5 Å². The van der Waals surface area contributed by atoms with E-state index in [4.69, 9.17) is 9.29 Å². The second-order valence-electron chi connectivity index (χ2n) is 3.28. The van der Waals surface area contributed by atoms with Crippen LogP contribution >= 0.6 is 0 Å². The van der Waals surface area contributed by atoms with Crippen molar-refractivity contribution < 1.29 is 13.5 Å². The molecule has 0 fully saturated rings. The Morgan fingerprint density at radius 1 is 1.36 bits per heavy atom. The molecule has 1 aromatic rings. The first kappa shape index (κ1) is 11.2. The van der Waals surface area contributed by atoms with E-state index >= 15 is 0 Å². The maximum Gasteiger partial charge on any atom is 0.157 e. The Hall–Kier alpha value is -0.870. The second-order valence-corrected chi connectivity index (χ2v) is 4.21. The van der Waals surface area contributed by atoms with Gasteiger partial charge in [-0.1, -0.05) is 12.1 Å². The van der Waals surface area contributed by atoms with Gasteiger partial charge >= 0.3 is 0 Å². The summed E-state index contributed by atoms with van der Waals surface area (Å²) >= 11 is -1.77. The maximum absolute atomic E-state index is 10.5. The van der Waals surface area contributed by atoms with Crippen molar-refractivity contribution in [2.24, 2.45) is 0 Å². The summed E-state index contributed by atoms with van der Waals surface area (Å²) in [5.74, 6) is 0.953. The number of rotatable bonds is 4. The third-order valence-electron chi connectivity index (χ3n) is 1.59. The molecule has 0 radical (unpaired) electrons. The molecule has 3 nitrogen and oxygen atoms in total. The molecular formula is C10H14O3S. The maximum atomic E-state index is 10.5. The van der Waals surface area contributed by atoms with Gasteiger partial charge < -0.3 is 9.29 Å². The van der Waals surface area contributed by atoms with Crippen LogP contribution in [0.1, 0.15) is 19.4 Å². The molecule has 0 aromatic heterocycles. The molecule has 78 valence electrons. The molecule has 0 heterocycles. The van der Waals surface area contributed by atoms with Crippen LogP contribution in [0.5, 0.6) is 5.75 Å². The summed E-state index contributed by atoms with van der Waals surface area (Å²) < 4.78 is 24.6. The highest BCUT2D eigenvalue weighted by molar-refractivity contribution is 7.78. The lowest BCUT2D eigenvalue weighted by Crippen LogP contribution is -2.05. The summed E-state index contributed by atoms with van der Waals surface area (Å²) in [4.78, 5) is 0. The fourth-order valence-electron chi connectivity index (χ4n) is 1.08. The predicted octanol–water partition coefficient (Wildman–Crippen LogP) is 2.20. The lowest BCUT2D eigenvalue weighted by atomic mass is 10.2. The first-order valence-corrected chi connectivity index (χ1v) is 5.68. The first-order chi connectivity index (χ1) is 6.58. The minimum Gasteiger partial charge on any atom is -0.491 e. The van der Waals surface area contributed by atoms with E-state index in [1.165, 1.54) is 0 Å². The van der Waals surface area contributed by atoms with E-state index in [-0.39, 0.29) is 11.9 Å². The van der Waals surface area contributed by atoms with E-state index in [0.717, 1.165) is 11.3 Å². The Morgan fingerprint density at radius 2 is 1.93 bits per heavy atom. The molecule has 0 saturated heterocycles. The Kier molecular flexibility index (Phi) is 4.10. The van der Waals surface area contributed by atoms with Gasteiger partial charge in [0.15, 0.2) is 11.1 Å². The van der Waals surface area contributed by atoms with Crippen LogP contribution in [-0.4, -0.2) is 14.9 Å². The molecule has 1 atom stereocenters. The van der Waals surface area contributed by atoms with Crippen molar-refractivity contribution in [3.05, 3.63) is 29.8 Å². The van der Waals surface area contributed by atoms with E-state index < -0.39 is 11.1 Å². The lowest BCUT2D eigenvalue weighted by Gasteiger charge is -2.09. The largest absolute Gasteiger partial charge is 0.491 e. The smallest absolute Gasteiger partial charge is 0.157 e. The summed E-state index contributed by atoms with van der Waals surface area (Å²) in [6, 6.07) is 7.21. The molecule has 0 saturated carbocycles. The van der Waals surface area contributed by atoms with Crippen molar-refractivity contribution in [2.75, 3.05) is 0 Å². The van der Waals surface area contributed by atoms with Crippen LogP contribution < -0.4 is 4.74 Å². The SMILES string of the molecule is CC(C)Oc1ccc(CS(=O)O)cc1. The Morgan fingerprint density at radius 3 is 2.36 bits per heavy atom. The van der Waals surface area contributed by atoms with Crippen LogP contribution in [0.4, 0.5) is 0 Å². The number of hydrogen-bond donors (Lipinski definition) is 1. The molecule has 0 aliphatic heterocycles. The van der Waals surface area contributed by atoms with E-state index in [1.54, 1.807) is 12.1 Å². The molecule has 0 spiro atoms. The van der Waals surface area contributed by atoms with Crippen molar-refractivity contribution in [1.82, 2.24) is 0 Å². The summed E-state index contributed by atoms with van der Waals surface area (Å²) in [6.07, 6.45) is 0.146. The highest BCUT2D eigenvalue weighted by atomic mass is 32.2. The first-order valence-electron chi connectivity index (χ1n) is 4.41. The highest BCUT2D eigenvalue weighted by Crippen LogP contribution is 2.14. The minimum atomic E-state index is -1.77. The Labute approximate surface area is 86.4 Å². The van der Waals surface area contributed by atoms with Gasteiger partial charge in [-0.05, 0) is 31.5 Å². The summed E-state index contributed by atoms with van der Waals surface area (Å²) in [7, 11) is 0. The van der Waals surface area contributed by atoms with Gasteiger partial charge in [0.2, 0.25) is 0 Å². The minimum absolute atomic E-state index is 0.146. The zero-order valence-electron chi connectivity index (χ0n) is 8.27. The van der Waals surface area contributed by atoms with Crippen LogP contribution in [0.2, 0.25) is 0 Å². The molecule has 1 N–H and O–H groups in total. The average Bonchev–Trinajstić information content (AvgIpc) is 2.06. The summed E-state index contributed by atoms with van der Waals surface area (Å²) in [6.45, 7) is 3.91. The molecule has 1 rings (SSSR count). The predicted molar refractivity (Wildman–Crippen MR) is 56.7 cm³/mol. The van der Waals surface area contributed by atoms with Gasteiger partial charge in [0, 0.05) is 0 Å². The fraction of sp³-hybridized carbons (Fsp3) is 0.400. The lowest BCUT2D eigenvalue weighted by molar-refractivity contribution is 0.242. The van der Waals surface area contributed by atoms with Gasteiger partial charge in [-0.2, -0.15) is 0 Å². The van der Waals surface area contributed by atoms with Gasteiger partial charge in [-0.25, -0.2) is 4.21 Å². The molecule has 4 heteroatoms. The quantitative estimate of drug-likeness (QED) is 0.781. The van der Waals surface area contributed by atoms with E-state index in [9.17, 15) is 4.21 Å². The molecule has 0 aliphatic rings. The summed E-state index contributed by atoms with van der Waals surface area (Å²) in [5, 5.41) is 0. The van der Waals surface area contributed by atoms with Gasteiger partial charge in [0.25, 0.3) is 0 Å². The highest BCUT2D eigenvalue weighted by Gasteiger charge is 2.00. The Balaban J connectivity index is 2.63. The number of ether oxygens (including phenoxy) is 1. The van der Waals surface area contributed by atoms with Crippen molar-refractivity contribution >= 4 is 11.1 Å². The zero-order valence-corrected chi connectivity index (χ0v) is 9.08. The van der Waals surface area contributed by atoms with Crippen molar-refractivity contribution in [3.8, 4) is 5.75 Å². The molecule has 0 aliphatic carbocycles. The van der Waals surface area contributed by atoms with Crippen molar-refractivity contribution in [3.63, 3.8) is 0 Å². The number of benzene rings is 1. The standard InChI is InChI=1S/C10H14O3S/c1-8(2)13-10-5-3-9(4-6-10)7-14(11)12/h3-6,8H,7H2,1-2H3,(H,11,12). The summed E-state index contributed by atoms with van der Waals surface area (Å²) in [5.41, 5.74) is 0.835.